The van der Waals surface area contributed by atoms with Crippen LogP contribution in [-0.2, 0) is 16.2 Å². The number of hydrogen-bond acceptors (Lipinski definition) is 3. The summed E-state index contributed by atoms with van der Waals surface area (Å²) in [7, 11) is -2.47. The zero-order chi connectivity index (χ0) is 21.5. The summed E-state index contributed by atoms with van der Waals surface area (Å²) in [5, 5.41) is 0. The molecular weight excluding hydrogens is 367 g/mol. The van der Waals surface area contributed by atoms with Gasteiger partial charge in [0.1, 0.15) is 5.75 Å². The summed E-state index contributed by atoms with van der Waals surface area (Å²) in [5.41, 5.74) is 5.56. The third kappa shape index (κ3) is 5.14. The summed E-state index contributed by atoms with van der Waals surface area (Å²) < 4.78 is 5.44. The van der Waals surface area contributed by atoms with Gasteiger partial charge < -0.3 is 14.3 Å². The van der Waals surface area contributed by atoms with Crippen molar-refractivity contribution in [3.8, 4) is 16.9 Å². The fourth-order valence-corrected chi connectivity index (χ4v) is 3.99. The highest BCUT2D eigenvalue weighted by molar-refractivity contribution is 7.39. The van der Waals surface area contributed by atoms with Crippen LogP contribution in [0.4, 0.5) is 0 Å². The molecular formula is C24H35O3P. The summed E-state index contributed by atoms with van der Waals surface area (Å²) in [6, 6.07) is 12.7. The molecule has 0 saturated carbocycles. The van der Waals surface area contributed by atoms with E-state index in [1.54, 1.807) is 0 Å². The fourth-order valence-electron chi connectivity index (χ4n) is 3.66. The van der Waals surface area contributed by atoms with Gasteiger partial charge in [-0.15, -0.1) is 0 Å². The molecule has 0 aromatic heterocycles. The van der Waals surface area contributed by atoms with Gasteiger partial charge in [-0.05, 0) is 44.6 Å². The monoisotopic (exact) mass is 402 g/mol. The molecule has 0 aliphatic heterocycles. The van der Waals surface area contributed by atoms with Crippen molar-refractivity contribution in [2.45, 2.75) is 78.6 Å². The Morgan fingerprint density at radius 2 is 1.14 bits per heavy atom. The van der Waals surface area contributed by atoms with Gasteiger partial charge in [-0.25, -0.2) is 0 Å². The van der Waals surface area contributed by atoms with Crippen LogP contribution in [0.25, 0.3) is 11.1 Å². The van der Waals surface area contributed by atoms with E-state index >= 15 is 0 Å². The van der Waals surface area contributed by atoms with Crippen LogP contribution in [0.5, 0.6) is 5.75 Å². The fraction of sp³-hybridized carbons (Fsp3) is 0.500. The van der Waals surface area contributed by atoms with Crippen molar-refractivity contribution in [1.82, 2.24) is 0 Å². The maximum Gasteiger partial charge on any atom is 0.391 e. The van der Waals surface area contributed by atoms with Crippen molar-refractivity contribution in [2.24, 2.45) is 0 Å². The van der Waals surface area contributed by atoms with E-state index in [4.69, 9.17) is 4.52 Å². The molecule has 154 valence electrons. The molecule has 0 unspecified atom stereocenters. The second-order valence-electron chi connectivity index (χ2n) is 10.5. The van der Waals surface area contributed by atoms with Gasteiger partial charge in [-0.1, -0.05) is 92.6 Å². The highest BCUT2D eigenvalue weighted by Gasteiger charge is 2.32. The second-order valence-corrected chi connectivity index (χ2v) is 11.2. The first-order chi connectivity index (χ1) is 12.6. The predicted molar refractivity (Wildman–Crippen MR) is 120 cm³/mol. The highest BCUT2D eigenvalue weighted by atomic mass is 31.2. The van der Waals surface area contributed by atoms with Crippen LogP contribution in [0.1, 0.15) is 79.0 Å². The first-order valence-corrected chi connectivity index (χ1v) is 10.9. The Morgan fingerprint density at radius 3 is 1.54 bits per heavy atom. The number of rotatable bonds is 3. The SMILES string of the molecule is CC(C)(C)c1ccc(-c2ccc(OP(O)O)c(C(C)(C)C)c2C(C)(C)C)cc1. The van der Waals surface area contributed by atoms with Crippen LogP contribution in [-0.4, -0.2) is 9.79 Å². The first-order valence-electron chi connectivity index (χ1n) is 9.77. The van der Waals surface area contributed by atoms with Crippen molar-refractivity contribution in [2.75, 3.05) is 0 Å². The van der Waals surface area contributed by atoms with E-state index in [9.17, 15) is 9.79 Å². The van der Waals surface area contributed by atoms with Crippen LogP contribution >= 0.6 is 8.60 Å². The molecule has 0 bridgehead atoms. The average molecular weight is 403 g/mol. The van der Waals surface area contributed by atoms with Crippen molar-refractivity contribution in [3.05, 3.63) is 53.1 Å². The Hall–Kier alpha value is -1.41. The van der Waals surface area contributed by atoms with Crippen LogP contribution < -0.4 is 4.52 Å². The molecule has 0 atom stereocenters. The summed E-state index contributed by atoms with van der Waals surface area (Å²) in [6.45, 7) is 19.6. The minimum absolute atomic E-state index is 0.110. The maximum atomic E-state index is 9.48. The van der Waals surface area contributed by atoms with Gasteiger partial charge in [0.25, 0.3) is 0 Å². The molecule has 0 spiro atoms. The molecule has 0 radical (unpaired) electrons. The molecule has 0 amide bonds. The lowest BCUT2D eigenvalue weighted by molar-refractivity contribution is 0.368. The van der Waals surface area contributed by atoms with Crippen molar-refractivity contribution in [3.63, 3.8) is 0 Å². The Balaban J connectivity index is 2.78. The molecule has 0 aliphatic carbocycles. The molecule has 0 fully saturated rings. The Kier molecular flexibility index (Phi) is 6.36. The molecule has 0 heterocycles. The Bertz CT molecular complexity index is 817. The molecule has 4 heteroatoms. The van der Waals surface area contributed by atoms with Gasteiger partial charge in [-0.2, -0.15) is 0 Å². The van der Waals surface area contributed by atoms with Crippen LogP contribution in [0, 0.1) is 0 Å². The highest BCUT2D eigenvalue weighted by Crippen LogP contribution is 2.47. The predicted octanol–water partition coefficient (Wildman–Crippen LogP) is 6.84. The lowest BCUT2D eigenvalue weighted by Gasteiger charge is -2.34. The first kappa shape index (κ1) is 22.9. The molecule has 3 nitrogen and oxygen atoms in total. The molecule has 2 rings (SSSR count). The third-order valence-electron chi connectivity index (χ3n) is 4.91. The maximum absolute atomic E-state index is 9.48. The molecule has 0 saturated heterocycles. The molecule has 28 heavy (non-hydrogen) atoms. The molecule has 2 N–H and O–H groups in total. The average Bonchev–Trinajstić information content (AvgIpc) is 2.51. The number of hydrogen-bond donors (Lipinski definition) is 2. The second kappa shape index (κ2) is 7.78. The quantitative estimate of drug-likeness (QED) is 0.553. The Labute approximate surface area is 171 Å². The van der Waals surface area contributed by atoms with Crippen molar-refractivity contribution >= 4 is 8.60 Å². The molecule has 0 aliphatic rings. The smallest absolute Gasteiger partial charge is 0.391 e. The van der Waals surface area contributed by atoms with E-state index in [1.807, 2.05) is 12.1 Å². The summed E-state index contributed by atoms with van der Waals surface area (Å²) in [6.07, 6.45) is 0. The van der Waals surface area contributed by atoms with Crippen LogP contribution in [0.15, 0.2) is 36.4 Å². The molecule has 2 aromatic carbocycles. The van der Waals surface area contributed by atoms with Crippen LogP contribution in [0.2, 0.25) is 0 Å². The lowest BCUT2D eigenvalue weighted by Crippen LogP contribution is -2.24. The van der Waals surface area contributed by atoms with Gasteiger partial charge in [0.15, 0.2) is 0 Å². The molecule has 2 aromatic rings. The van der Waals surface area contributed by atoms with Gasteiger partial charge in [-0.3, -0.25) is 0 Å². The zero-order valence-corrected chi connectivity index (χ0v) is 19.6. The zero-order valence-electron chi connectivity index (χ0n) is 18.7. The van der Waals surface area contributed by atoms with Crippen molar-refractivity contribution < 1.29 is 14.3 Å². The van der Waals surface area contributed by atoms with Crippen molar-refractivity contribution in [1.29, 1.82) is 0 Å². The standard InChI is InChI=1S/C24H35O3P/c1-22(2,3)17-12-10-16(11-13-17)18-14-15-19(27-28(25)26)21(24(7,8)9)20(18)23(4,5)6/h10-15,25-26H,1-9H3. The van der Waals surface area contributed by atoms with Crippen LogP contribution in [0.3, 0.4) is 0 Å². The minimum atomic E-state index is -2.47. The van der Waals surface area contributed by atoms with Gasteiger partial charge in [0.05, 0.1) is 0 Å². The number of benzene rings is 2. The van der Waals surface area contributed by atoms with E-state index in [-0.39, 0.29) is 16.2 Å². The minimum Gasteiger partial charge on any atom is -0.427 e. The van der Waals surface area contributed by atoms with E-state index in [0.717, 1.165) is 16.7 Å². The van der Waals surface area contributed by atoms with Gasteiger partial charge in [0.2, 0.25) is 0 Å². The van der Waals surface area contributed by atoms with E-state index in [1.165, 1.54) is 11.1 Å². The van der Waals surface area contributed by atoms with Gasteiger partial charge >= 0.3 is 8.60 Å². The third-order valence-corrected chi connectivity index (χ3v) is 5.27. The van der Waals surface area contributed by atoms with E-state index in [2.05, 4.69) is 86.6 Å². The van der Waals surface area contributed by atoms with E-state index < -0.39 is 8.60 Å². The summed E-state index contributed by atoms with van der Waals surface area (Å²) in [4.78, 5) is 19.0. The van der Waals surface area contributed by atoms with Gasteiger partial charge in [0, 0.05) is 5.56 Å². The largest absolute Gasteiger partial charge is 0.427 e. The topological polar surface area (TPSA) is 49.7 Å². The summed E-state index contributed by atoms with van der Waals surface area (Å²) in [5.74, 6) is 0.545. The normalized spacial score (nSPS) is 13.1. The summed E-state index contributed by atoms with van der Waals surface area (Å²) >= 11 is 0. The van der Waals surface area contributed by atoms with E-state index in [0.29, 0.717) is 5.75 Å². The Morgan fingerprint density at radius 1 is 0.643 bits per heavy atom. The lowest BCUT2D eigenvalue weighted by atomic mass is 9.71.